The van der Waals surface area contributed by atoms with Gasteiger partial charge in [-0.2, -0.15) is 0 Å². The van der Waals surface area contributed by atoms with E-state index in [0.29, 0.717) is 12.8 Å². The minimum atomic E-state index is -1.91. The molecule has 1 aliphatic carbocycles. The number of ether oxygens (including phenoxy) is 3. The van der Waals surface area contributed by atoms with E-state index >= 15 is 0 Å². The SMILES string of the molecule is C[C@@H]1O[C@@H](O[C@@H]2CCCC[C@H]2OC(=O)N2CCC(C(=O)O)(C(=O)O)CC2)[C@@H](O)[C@H](O)[C@@H]1O. The Labute approximate surface area is 184 Å². The lowest BCUT2D eigenvalue weighted by Gasteiger charge is -2.42. The number of amides is 1. The van der Waals surface area contributed by atoms with Gasteiger partial charge in [-0.3, -0.25) is 9.59 Å². The standard InChI is InChI=1S/C20H31NO11/c1-10-13(22)14(23)15(24)16(30-10)31-11-4-2-3-5-12(11)32-19(29)21-8-6-20(7-9-21,17(25)26)18(27)28/h10-16,22-24H,2-9H2,1H3,(H,25,26)(H,27,28)/t10-,11+,12+,13+,14+,15-,16-/m0/s1. The number of carboxylic acids is 2. The Morgan fingerprint density at radius 1 is 0.906 bits per heavy atom. The molecular weight excluding hydrogens is 430 g/mol. The average Bonchev–Trinajstić information content (AvgIpc) is 2.76. The highest BCUT2D eigenvalue weighted by atomic mass is 16.7. The molecule has 0 aromatic heterocycles. The summed E-state index contributed by atoms with van der Waals surface area (Å²) in [5.41, 5.74) is -1.91. The van der Waals surface area contributed by atoms with Crippen LogP contribution in [-0.2, 0) is 23.8 Å². The van der Waals surface area contributed by atoms with Gasteiger partial charge in [0.1, 0.15) is 24.4 Å². The van der Waals surface area contributed by atoms with Gasteiger partial charge in [0.25, 0.3) is 0 Å². The quantitative estimate of drug-likeness (QED) is 0.334. The van der Waals surface area contributed by atoms with E-state index in [1.165, 1.54) is 4.90 Å². The zero-order valence-electron chi connectivity index (χ0n) is 17.8. The number of carbonyl (C=O) groups is 3. The van der Waals surface area contributed by atoms with Gasteiger partial charge in [-0.05, 0) is 39.0 Å². The molecule has 7 atom stereocenters. The van der Waals surface area contributed by atoms with Crippen molar-refractivity contribution in [1.82, 2.24) is 4.90 Å². The van der Waals surface area contributed by atoms with Crippen LogP contribution in [-0.4, -0.2) is 104 Å². The number of carbonyl (C=O) groups excluding carboxylic acids is 1. The normalized spacial score (nSPS) is 37.5. The van der Waals surface area contributed by atoms with Crippen LogP contribution in [0.25, 0.3) is 0 Å². The first-order chi connectivity index (χ1) is 15.1. The highest BCUT2D eigenvalue weighted by Gasteiger charge is 2.50. The summed E-state index contributed by atoms with van der Waals surface area (Å²) in [6.45, 7) is 1.41. The Morgan fingerprint density at radius 2 is 1.47 bits per heavy atom. The zero-order chi connectivity index (χ0) is 23.6. The molecule has 3 rings (SSSR count). The fourth-order valence-electron chi connectivity index (χ4n) is 4.45. The van der Waals surface area contributed by atoms with E-state index in [1.807, 2.05) is 0 Å². The molecule has 12 heteroatoms. The molecule has 182 valence electrons. The number of aliphatic hydroxyl groups is 3. The highest BCUT2D eigenvalue weighted by molar-refractivity contribution is 5.98. The Bertz CT molecular complexity index is 692. The predicted octanol–water partition coefficient (Wildman–Crippen LogP) is -0.470. The molecule has 1 saturated carbocycles. The number of carboxylic acid groups (broad SMARTS) is 2. The Balaban J connectivity index is 1.59. The van der Waals surface area contributed by atoms with Crippen molar-refractivity contribution < 1.29 is 54.1 Å². The first kappa shape index (κ1) is 24.6. The van der Waals surface area contributed by atoms with E-state index in [1.54, 1.807) is 6.92 Å². The smallest absolute Gasteiger partial charge is 0.410 e. The lowest BCUT2D eigenvalue weighted by Crippen LogP contribution is -2.58. The number of rotatable bonds is 5. The number of nitrogens with zero attached hydrogens (tertiary/aromatic N) is 1. The summed E-state index contributed by atoms with van der Waals surface area (Å²) in [5.74, 6) is -2.85. The van der Waals surface area contributed by atoms with Gasteiger partial charge in [-0.1, -0.05) is 6.42 Å². The number of piperidine rings is 1. The van der Waals surface area contributed by atoms with Crippen molar-refractivity contribution in [2.24, 2.45) is 5.41 Å². The topological polar surface area (TPSA) is 183 Å². The average molecular weight is 461 g/mol. The lowest BCUT2D eigenvalue weighted by molar-refractivity contribution is -0.312. The summed E-state index contributed by atoms with van der Waals surface area (Å²) in [5, 5.41) is 48.6. The summed E-state index contributed by atoms with van der Waals surface area (Å²) in [6.07, 6.45) is -5.93. The number of hydrogen-bond acceptors (Lipinski definition) is 9. The van der Waals surface area contributed by atoms with E-state index in [9.17, 15) is 39.9 Å². The number of hydrogen-bond donors (Lipinski definition) is 5. The van der Waals surface area contributed by atoms with E-state index in [-0.39, 0.29) is 25.9 Å². The van der Waals surface area contributed by atoms with Crippen LogP contribution >= 0.6 is 0 Å². The summed E-state index contributed by atoms with van der Waals surface area (Å²) in [6, 6.07) is 0. The number of aliphatic hydroxyl groups excluding tert-OH is 3. The fraction of sp³-hybridized carbons (Fsp3) is 0.850. The van der Waals surface area contributed by atoms with Gasteiger partial charge < -0.3 is 44.6 Å². The number of aliphatic carboxylic acids is 2. The lowest BCUT2D eigenvalue weighted by atomic mass is 9.78. The van der Waals surface area contributed by atoms with Crippen LogP contribution in [0.5, 0.6) is 0 Å². The summed E-state index contributed by atoms with van der Waals surface area (Å²) < 4.78 is 16.9. The molecule has 1 amide bonds. The van der Waals surface area contributed by atoms with Crippen LogP contribution in [0.2, 0.25) is 0 Å². The predicted molar refractivity (Wildman–Crippen MR) is 104 cm³/mol. The van der Waals surface area contributed by atoms with Crippen molar-refractivity contribution in [3.05, 3.63) is 0 Å². The molecule has 5 N–H and O–H groups in total. The second-order valence-corrected chi connectivity index (χ2v) is 8.74. The molecule has 32 heavy (non-hydrogen) atoms. The van der Waals surface area contributed by atoms with Crippen molar-refractivity contribution in [1.29, 1.82) is 0 Å². The molecular formula is C20H31NO11. The minimum Gasteiger partial charge on any atom is -0.480 e. The monoisotopic (exact) mass is 461 g/mol. The summed E-state index contributed by atoms with van der Waals surface area (Å²) in [4.78, 5) is 36.8. The summed E-state index contributed by atoms with van der Waals surface area (Å²) in [7, 11) is 0. The third-order valence-corrected chi connectivity index (χ3v) is 6.71. The second kappa shape index (κ2) is 9.87. The van der Waals surface area contributed by atoms with Gasteiger partial charge >= 0.3 is 18.0 Å². The summed E-state index contributed by atoms with van der Waals surface area (Å²) >= 11 is 0. The largest absolute Gasteiger partial charge is 0.480 e. The molecule has 0 spiro atoms. The molecule has 0 aromatic carbocycles. The van der Waals surface area contributed by atoms with Gasteiger partial charge in [0.15, 0.2) is 11.7 Å². The van der Waals surface area contributed by atoms with Gasteiger partial charge in [-0.25, -0.2) is 4.79 Å². The third-order valence-electron chi connectivity index (χ3n) is 6.71. The molecule has 0 bridgehead atoms. The van der Waals surface area contributed by atoms with Gasteiger partial charge in [0.2, 0.25) is 0 Å². The van der Waals surface area contributed by atoms with Gasteiger partial charge in [0.05, 0.1) is 12.2 Å². The maximum Gasteiger partial charge on any atom is 0.410 e. The fourth-order valence-corrected chi connectivity index (χ4v) is 4.45. The van der Waals surface area contributed by atoms with Crippen molar-refractivity contribution in [2.45, 2.75) is 88.4 Å². The molecule has 3 fully saturated rings. The van der Waals surface area contributed by atoms with Crippen LogP contribution < -0.4 is 0 Å². The molecule has 3 aliphatic rings. The second-order valence-electron chi connectivity index (χ2n) is 8.74. The highest BCUT2D eigenvalue weighted by Crippen LogP contribution is 2.34. The van der Waals surface area contributed by atoms with E-state index in [2.05, 4.69) is 0 Å². The van der Waals surface area contributed by atoms with Crippen LogP contribution in [0.15, 0.2) is 0 Å². The van der Waals surface area contributed by atoms with Crippen LogP contribution in [0.4, 0.5) is 4.79 Å². The molecule has 2 aliphatic heterocycles. The van der Waals surface area contributed by atoms with E-state index < -0.39 is 66.4 Å². The first-order valence-electron chi connectivity index (χ1n) is 10.8. The van der Waals surface area contributed by atoms with Gasteiger partial charge in [0, 0.05) is 13.1 Å². The van der Waals surface area contributed by atoms with E-state index in [4.69, 9.17) is 14.2 Å². The molecule has 0 aromatic rings. The van der Waals surface area contributed by atoms with E-state index in [0.717, 1.165) is 12.8 Å². The molecule has 12 nitrogen and oxygen atoms in total. The number of likely N-dealkylation sites (tertiary alicyclic amines) is 1. The molecule has 0 unspecified atom stereocenters. The van der Waals surface area contributed by atoms with Crippen molar-refractivity contribution in [3.8, 4) is 0 Å². The van der Waals surface area contributed by atoms with Gasteiger partial charge in [-0.15, -0.1) is 0 Å². The van der Waals surface area contributed by atoms with Crippen LogP contribution in [0.3, 0.4) is 0 Å². The zero-order valence-corrected chi connectivity index (χ0v) is 17.8. The van der Waals surface area contributed by atoms with Crippen LogP contribution in [0.1, 0.15) is 45.4 Å². The molecule has 2 heterocycles. The maximum atomic E-state index is 12.7. The third kappa shape index (κ3) is 4.84. The van der Waals surface area contributed by atoms with Crippen LogP contribution in [0, 0.1) is 5.41 Å². The Hall–Kier alpha value is -1.99. The molecule has 0 radical (unpaired) electrons. The van der Waals surface area contributed by atoms with Crippen molar-refractivity contribution in [3.63, 3.8) is 0 Å². The first-order valence-corrected chi connectivity index (χ1v) is 10.8. The Morgan fingerprint density at radius 3 is 2.03 bits per heavy atom. The Kier molecular flexibility index (Phi) is 7.61. The molecule has 2 saturated heterocycles. The maximum absolute atomic E-state index is 12.7. The van der Waals surface area contributed by atoms with Crippen molar-refractivity contribution in [2.75, 3.05) is 13.1 Å². The van der Waals surface area contributed by atoms with Crippen molar-refractivity contribution >= 4 is 18.0 Å². The minimum absolute atomic E-state index is 0.0677.